The molecule has 3 unspecified atom stereocenters. The second kappa shape index (κ2) is 10.0. The number of alkyl halides is 2. The molecule has 13 heteroatoms. The van der Waals surface area contributed by atoms with E-state index in [4.69, 9.17) is 21.1 Å². The Morgan fingerprint density at radius 2 is 2.03 bits per heavy atom. The molecule has 1 aromatic rings. The lowest BCUT2D eigenvalue weighted by Gasteiger charge is -2.33. The molecule has 35 heavy (non-hydrogen) atoms. The highest BCUT2D eigenvalue weighted by molar-refractivity contribution is 7.89. The summed E-state index contributed by atoms with van der Waals surface area (Å²) in [6, 6.07) is -3.28. The van der Waals surface area contributed by atoms with Crippen LogP contribution in [0.1, 0.15) is 45.4 Å². The smallest absolute Gasteiger partial charge is 0.410 e. The van der Waals surface area contributed by atoms with Crippen LogP contribution in [0.5, 0.6) is 0 Å². The number of nitrogens with zero attached hydrogens (tertiary/aromatic N) is 3. The maximum atomic E-state index is 13.8. The highest BCUT2D eigenvalue weighted by Crippen LogP contribution is 2.66. The fourth-order valence-corrected chi connectivity index (χ4v) is 6.96. The van der Waals surface area contributed by atoms with Crippen molar-refractivity contribution in [1.82, 2.24) is 19.6 Å². The number of carbonyl (C=O) groups is 1. The summed E-state index contributed by atoms with van der Waals surface area (Å²) >= 11 is 5.94. The molecule has 7 atom stereocenters. The number of fused-ring (bicyclic) bond motifs is 1. The highest BCUT2D eigenvalue weighted by atomic mass is 35.5. The molecule has 0 aromatic carbocycles. The van der Waals surface area contributed by atoms with E-state index in [0.29, 0.717) is 23.3 Å². The fraction of sp³-hybridized carbons (Fsp3) is 0.773. The second-order valence-electron chi connectivity index (χ2n) is 9.60. The monoisotopic (exact) mass is 536 g/mol. The molecule has 3 aliphatic rings. The Balaban J connectivity index is 1.46. The van der Waals surface area contributed by atoms with Gasteiger partial charge in [-0.25, -0.2) is 36.7 Å². The first kappa shape index (κ1) is 26.4. The first-order valence-electron chi connectivity index (χ1n) is 11.8. The zero-order valence-electron chi connectivity index (χ0n) is 19.9. The molecular weight excluding hydrogens is 506 g/mol. The number of methoxy groups -OCH3 is 1. The molecule has 196 valence electrons. The lowest BCUT2D eigenvalue weighted by Crippen LogP contribution is -2.51. The lowest BCUT2D eigenvalue weighted by molar-refractivity contribution is -0.0239. The fourth-order valence-electron chi connectivity index (χ4n) is 5.98. The van der Waals surface area contributed by atoms with E-state index in [-0.39, 0.29) is 30.3 Å². The Kier molecular flexibility index (Phi) is 7.57. The quantitative estimate of drug-likeness (QED) is 0.543. The molecule has 0 radical (unpaired) electrons. The van der Waals surface area contributed by atoms with Gasteiger partial charge in [-0.2, -0.15) is 0 Å². The van der Waals surface area contributed by atoms with Crippen molar-refractivity contribution in [1.29, 1.82) is 0 Å². The van der Waals surface area contributed by atoms with Gasteiger partial charge in [0.05, 0.1) is 42.7 Å². The van der Waals surface area contributed by atoms with E-state index in [1.165, 1.54) is 6.92 Å². The number of aromatic nitrogens is 2. The zero-order valence-corrected chi connectivity index (χ0v) is 21.4. The van der Waals surface area contributed by atoms with Crippen molar-refractivity contribution in [3.05, 3.63) is 23.2 Å². The summed E-state index contributed by atoms with van der Waals surface area (Å²) in [5, 5.41) is 0.481. The van der Waals surface area contributed by atoms with Crippen molar-refractivity contribution in [2.45, 2.75) is 75.6 Å². The Morgan fingerprint density at radius 3 is 2.60 bits per heavy atom. The van der Waals surface area contributed by atoms with Gasteiger partial charge in [-0.3, -0.25) is 4.90 Å². The van der Waals surface area contributed by atoms with Gasteiger partial charge in [0, 0.05) is 23.9 Å². The number of amides is 1. The third-order valence-corrected chi connectivity index (χ3v) is 9.58. The number of carbonyl (C=O) groups excluding carboxylic acids is 1. The molecule has 0 bridgehead atoms. The molecule has 1 amide bonds. The molecule has 1 aromatic heterocycles. The molecule has 2 saturated carbocycles. The molecule has 4 rings (SSSR count). The number of nitrogens with one attached hydrogen (secondary N) is 1. The SMILES string of the molecule is CCS(=O)(=O)N[C@H]1CC(C(F)F)N(C(=O)OC)[C@H]1CO[C@H]1CC[C@@]2(c3ncc(Cl)cn3)C(C)C2C1. The van der Waals surface area contributed by atoms with Gasteiger partial charge in [0.25, 0.3) is 6.43 Å². The minimum Gasteiger partial charge on any atom is -0.453 e. The van der Waals surface area contributed by atoms with Gasteiger partial charge in [-0.05, 0) is 44.4 Å². The molecule has 0 spiro atoms. The maximum absolute atomic E-state index is 13.8. The third kappa shape index (κ3) is 4.99. The Bertz CT molecular complexity index is 1030. The Hall–Kier alpha value is -1.63. The van der Waals surface area contributed by atoms with Gasteiger partial charge >= 0.3 is 6.09 Å². The van der Waals surface area contributed by atoms with Crippen LogP contribution in [0.25, 0.3) is 0 Å². The van der Waals surface area contributed by atoms with Crippen molar-refractivity contribution in [2.75, 3.05) is 19.5 Å². The molecule has 1 saturated heterocycles. The summed E-state index contributed by atoms with van der Waals surface area (Å²) in [5.41, 5.74) is -0.115. The van der Waals surface area contributed by atoms with Crippen LogP contribution in [0.4, 0.5) is 13.6 Å². The minimum atomic E-state index is -3.69. The number of likely N-dealkylation sites (tertiary alicyclic amines) is 1. The Labute approximate surface area is 209 Å². The van der Waals surface area contributed by atoms with Gasteiger partial charge in [-0.1, -0.05) is 18.5 Å². The number of hydrogen-bond donors (Lipinski definition) is 1. The largest absolute Gasteiger partial charge is 0.453 e. The predicted octanol–water partition coefficient (Wildman–Crippen LogP) is 2.99. The van der Waals surface area contributed by atoms with Crippen molar-refractivity contribution in [3.63, 3.8) is 0 Å². The van der Waals surface area contributed by atoms with E-state index < -0.39 is 40.7 Å². The third-order valence-electron chi connectivity index (χ3n) is 7.97. The van der Waals surface area contributed by atoms with Crippen molar-refractivity contribution in [2.24, 2.45) is 11.8 Å². The van der Waals surface area contributed by atoms with Crippen LogP contribution in [-0.4, -0.2) is 79.5 Å². The average molecular weight is 537 g/mol. The molecule has 3 fully saturated rings. The molecule has 9 nitrogen and oxygen atoms in total. The van der Waals surface area contributed by atoms with E-state index in [1.807, 2.05) is 0 Å². The van der Waals surface area contributed by atoms with Crippen LogP contribution in [-0.2, 0) is 24.9 Å². The summed E-state index contributed by atoms with van der Waals surface area (Å²) in [6.07, 6.45) is 1.30. The molecule has 2 heterocycles. The predicted molar refractivity (Wildman–Crippen MR) is 124 cm³/mol. The van der Waals surface area contributed by atoms with Gasteiger partial charge in [0.1, 0.15) is 5.82 Å². The van der Waals surface area contributed by atoms with Crippen molar-refractivity contribution in [3.8, 4) is 0 Å². The van der Waals surface area contributed by atoms with Crippen molar-refractivity contribution < 1.29 is 31.5 Å². The van der Waals surface area contributed by atoms with Gasteiger partial charge in [0.15, 0.2) is 0 Å². The first-order valence-corrected chi connectivity index (χ1v) is 13.8. The number of rotatable bonds is 8. The Morgan fingerprint density at radius 1 is 1.34 bits per heavy atom. The average Bonchev–Trinajstić information content (AvgIpc) is 3.26. The van der Waals surface area contributed by atoms with E-state index >= 15 is 0 Å². The summed E-state index contributed by atoms with van der Waals surface area (Å²) < 4.78 is 65.4. The van der Waals surface area contributed by atoms with E-state index in [2.05, 4.69) is 21.6 Å². The van der Waals surface area contributed by atoms with E-state index in [0.717, 1.165) is 30.7 Å². The maximum Gasteiger partial charge on any atom is 0.410 e. The van der Waals surface area contributed by atoms with Gasteiger partial charge in [-0.15, -0.1) is 0 Å². The number of halogens is 3. The van der Waals surface area contributed by atoms with Crippen molar-refractivity contribution >= 4 is 27.7 Å². The second-order valence-corrected chi connectivity index (χ2v) is 12.1. The topological polar surface area (TPSA) is 111 Å². The molecule has 1 N–H and O–H groups in total. The van der Waals surface area contributed by atoms with Crippen LogP contribution in [0, 0.1) is 11.8 Å². The van der Waals surface area contributed by atoms with E-state index in [1.54, 1.807) is 12.4 Å². The molecule has 2 aliphatic carbocycles. The van der Waals surface area contributed by atoms with Gasteiger partial charge in [0.2, 0.25) is 10.0 Å². The zero-order chi connectivity index (χ0) is 25.5. The van der Waals surface area contributed by atoms with Crippen LogP contribution >= 0.6 is 11.6 Å². The lowest BCUT2D eigenvalue weighted by atomic mass is 9.85. The normalized spacial score (nSPS) is 34.7. The standard InChI is InChI=1S/C22H31ClF2N4O5S/c1-4-35(31,32)28-16-8-17(19(24)25)29(21(30)33-3)18(16)11-34-14-5-6-22(12(2)15(22)7-14)20-26-9-13(23)10-27-20/h9-10,12,14-19,28H,4-8,11H2,1-3H3/t12?,14-,15?,16-,17?,18-,22+/m0/s1. The summed E-state index contributed by atoms with van der Waals surface area (Å²) in [6.45, 7) is 3.54. The number of hydrogen-bond acceptors (Lipinski definition) is 7. The van der Waals surface area contributed by atoms with Crippen LogP contribution in [0.15, 0.2) is 12.4 Å². The molecular formula is C22H31ClF2N4O5S. The first-order chi connectivity index (χ1) is 16.5. The summed E-state index contributed by atoms with van der Waals surface area (Å²) in [4.78, 5) is 22.2. The van der Waals surface area contributed by atoms with Crippen LogP contribution in [0.2, 0.25) is 5.02 Å². The van der Waals surface area contributed by atoms with Crippen LogP contribution in [0.3, 0.4) is 0 Å². The minimum absolute atomic E-state index is 0.0779. The number of sulfonamides is 1. The van der Waals surface area contributed by atoms with E-state index in [9.17, 15) is 22.0 Å². The summed E-state index contributed by atoms with van der Waals surface area (Å²) in [7, 11) is -2.58. The summed E-state index contributed by atoms with van der Waals surface area (Å²) in [5.74, 6) is 1.25. The van der Waals surface area contributed by atoms with Gasteiger partial charge < -0.3 is 9.47 Å². The highest BCUT2D eigenvalue weighted by Gasteiger charge is 2.66. The van der Waals surface area contributed by atoms with Crippen LogP contribution < -0.4 is 4.72 Å². The number of ether oxygens (including phenoxy) is 2. The molecule has 1 aliphatic heterocycles.